The van der Waals surface area contributed by atoms with Crippen LogP contribution in [0.2, 0.25) is 0 Å². The molecule has 0 aromatic carbocycles. The highest BCUT2D eigenvalue weighted by atomic mass is 19.4. The van der Waals surface area contributed by atoms with Gasteiger partial charge in [-0.2, -0.15) is 23.4 Å². The smallest absolute Gasteiger partial charge is 0.433 e. The molecule has 11 heteroatoms. The van der Waals surface area contributed by atoms with Gasteiger partial charge in [-0.25, -0.2) is 9.78 Å². The van der Waals surface area contributed by atoms with Gasteiger partial charge in [-0.15, -0.1) is 0 Å². The van der Waals surface area contributed by atoms with Gasteiger partial charge in [-0.05, 0) is 24.6 Å². The number of halogens is 3. The SMILES string of the molecule is CN1CCn2c1cc(OCC1C=CC(Oc3ccc(C(F)(F)F)nc3)=C(C#N)C1)nc2=O. The van der Waals surface area contributed by atoms with E-state index in [4.69, 9.17) is 9.47 Å². The second-order valence-corrected chi connectivity index (χ2v) is 7.38. The maximum Gasteiger partial charge on any atom is 0.433 e. The number of allylic oxidation sites excluding steroid dienone is 2. The third kappa shape index (κ3) is 4.44. The van der Waals surface area contributed by atoms with Crippen LogP contribution in [0.5, 0.6) is 11.6 Å². The summed E-state index contributed by atoms with van der Waals surface area (Å²) in [6.45, 7) is 1.49. The molecule has 0 radical (unpaired) electrons. The van der Waals surface area contributed by atoms with E-state index in [-0.39, 0.29) is 35.6 Å². The summed E-state index contributed by atoms with van der Waals surface area (Å²) in [5.41, 5.74) is -1.08. The second kappa shape index (κ2) is 8.37. The Morgan fingerprint density at radius 2 is 2.12 bits per heavy atom. The molecule has 0 saturated carbocycles. The Morgan fingerprint density at radius 3 is 2.81 bits per heavy atom. The van der Waals surface area contributed by atoms with Gasteiger partial charge in [0.2, 0.25) is 5.88 Å². The van der Waals surface area contributed by atoms with Crippen LogP contribution in [0.15, 0.2) is 52.7 Å². The molecule has 1 aliphatic heterocycles. The number of nitrogens with zero attached hydrogens (tertiary/aromatic N) is 5. The lowest BCUT2D eigenvalue weighted by molar-refractivity contribution is -0.141. The van der Waals surface area contributed by atoms with E-state index in [9.17, 15) is 23.2 Å². The Morgan fingerprint density at radius 1 is 1.31 bits per heavy atom. The summed E-state index contributed by atoms with van der Waals surface area (Å²) in [6.07, 6.45) is 0.0813. The minimum Gasteiger partial charge on any atom is -0.477 e. The van der Waals surface area contributed by atoms with E-state index in [1.807, 2.05) is 11.9 Å². The monoisotopic (exact) mass is 445 g/mol. The molecule has 0 amide bonds. The molecule has 1 aliphatic carbocycles. The molecular weight excluding hydrogens is 427 g/mol. The van der Waals surface area contributed by atoms with Crippen LogP contribution in [0, 0.1) is 17.2 Å². The molecule has 0 saturated heterocycles. The lowest BCUT2D eigenvalue weighted by Crippen LogP contribution is -2.23. The fourth-order valence-corrected chi connectivity index (χ4v) is 3.43. The molecule has 32 heavy (non-hydrogen) atoms. The van der Waals surface area contributed by atoms with Crippen LogP contribution in [0.4, 0.5) is 19.0 Å². The van der Waals surface area contributed by atoms with Crippen LogP contribution in [0.25, 0.3) is 0 Å². The average molecular weight is 445 g/mol. The molecule has 2 aromatic heterocycles. The van der Waals surface area contributed by atoms with E-state index in [1.54, 1.807) is 22.8 Å². The highest BCUT2D eigenvalue weighted by molar-refractivity contribution is 5.44. The van der Waals surface area contributed by atoms with E-state index in [2.05, 4.69) is 16.0 Å². The number of pyridine rings is 1. The van der Waals surface area contributed by atoms with Crippen molar-refractivity contribution in [3.8, 4) is 17.7 Å². The average Bonchev–Trinajstić information content (AvgIpc) is 3.14. The summed E-state index contributed by atoms with van der Waals surface area (Å²) < 4.78 is 50.7. The quantitative estimate of drug-likeness (QED) is 0.699. The van der Waals surface area contributed by atoms with Crippen molar-refractivity contribution in [3.63, 3.8) is 0 Å². The predicted molar refractivity (Wildman–Crippen MR) is 107 cm³/mol. The minimum atomic E-state index is -4.54. The third-order valence-corrected chi connectivity index (χ3v) is 5.13. The van der Waals surface area contributed by atoms with Crippen molar-refractivity contribution in [2.45, 2.75) is 19.1 Å². The number of nitriles is 1. The number of alkyl halides is 3. The fraction of sp³-hybridized carbons (Fsp3) is 0.333. The molecule has 1 unspecified atom stereocenters. The van der Waals surface area contributed by atoms with Gasteiger partial charge in [-0.3, -0.25) is 4.57 Å². The van der Waals surface area contributed by atoms with E-state index < -0.39 is 11.9 Å². The van der Waals surface area contributed by atoms with Crippen LogP contribution in [0.1, 0.15) is 12.1 Å². The number of fused-ring (bicyclic) bond motifs is 1. The molecule has 0 spiro atoms. The number of ether oxygens (including phenoxy) is 2. The topological polar surface area (TPSA) is 93.3 Å². The minimum absolute atomic E-state index is 0.0898. The zero-order chi connectivity index (χ0) is 22.9. The molecule has 1 atom stereocenters. The van der Waals surface area contributed by atoms with Gasteiger partial charge in [0, 0.05) is 32.1 Å². The number of hydrogen-bond acceptors (Lipinski definition) is 7. The molecule has 0 bridgehead atoms. The molecule has 8 nitrogen and oxygen atoms in total. The van der Waals surface area contributed by atoms with Crippen LogP contribution in [0.3, 0.4) is 0 Å². The Bertz CT molecular complexity index is 1180. The summed E-state index contributed by atoms with van der Waals surface area (Å²) >= 11 is 0. The van der Waals surface area contributed by atoms with Crippen LogP contribution < -0.4 is 20.1 Å². The van der Waals surface area contributed by atoms with Gasteiger partial charge in [0.15, 0.2) is 0 Å². The first-order valence-electron chi connectivity index (χ1n) is 9.73. The Hall–Kier alpha value is -3.81. The molecule has 166 valence electrons. The van der Waals surface area contributed by atoms with E-state index >= 15 is 0 Å². The first-order chi connectivity index (χ1) is 15.2. The van der Waals surface area contributed by atoms with Crippen LogP contribution in [-0.4, -0.2) is 34.7 Å². The highest BCUT2D eigenvalue weighted by Gasteiger charge is 2.32. The van der Waals surface area contributed by atoms with Crippen LogP contribution >= 0.6 is 0 Å². The van der Waals surface area contributed by atoms with Gasteiger partial charge >= 0.3 is 11.9 Å². The molecule has 2 aliphatic rings. The van der Waals surface area contributed by atoms with Gasteiger partial charge in [-0.1, -0.05) is 6.08 Å². The number of anilines is 1. The van der Waals surface area contributed by atoms with E-state index in [0.717, 1.165) is 30.7 Å². The molecule has 3 heterocycles. The van der Waals surface area contributed by atoms with Crippen molar-refractivity contribution in [1.82, 2.24) is 14.5 Å². The fourth-order valence-electron chi connectivity index (χ4n) is 3.43. The zero-order valence-corrected chi connectivity index (χ0v) is 17.0. The van der Waals surface area contributed by atoms with Crippen molar-refractivity contribution in [1.29, 1.82) is 5.26 Å². The lowest BCUT2D eigenvalue weighted by atomic mass is 9.94. The van der Waals surface area contributed by atoms with Crippen LogP contribution in [-0.2, 0) is 12.7 Å². The Balaban J connectivity index is 1.40. The molecular formula is C21H18F3N5O3. The molecule has 0 N–H and O–H groups in total. The first kappa shape index (κ1) is 21.4. The van der Waals surface area contributed by atoms with Crippen molar-refractivity contribution in [3.05, 3.63) is 64.1 Å². The zero-order valence-electron chi connectivity index (χ0n) is 17.0. The van der Waals surface area contributed by atoms with Crippen molar-refractivity contribution < 1.29 is 22.6 Å². The maximum atomic E-state index is 12.6. The molecule has 0 fully saturated rings. The molecule has 2 aromatic rings. The Labute approximate surface area is 180 Å². The van der Waals surface area contributed by atoms with Gasteiger partial charge in [0.05, 0.1) is 24.4 Å². The highest BCUT2D eigenvalue weighted by Crippen LogP contribution is 2.30. The maximum absolute atomic E-state index is 12.6. The lowest BCUT2D eigenvalue weighted by Gasteiger charge is -2.20. The normalized spacial score (nSPS) is 17.8. The van der Waals surface area contributed by atoms with E-state index in [0.29, 0.717) is 18.5 Å². The standard InChI is InChI=1S/C21H18F3N5O3/c1-28-6-7-29-19(28)9-18(27-20(29)30)31-12-13-2-4-16(14(8-13)10-25)32-15-3-5-17(26-11-15)21(22,23)24/h2-5,9,11,13H,6-8,12H2,1H3. The summed E-state index contributed by atoms with van der Waals surface area (Å²) in [5, 5.41) is 9.48. The van der Waals surface area contributed by atoms with Gasteiger partial charge in [0.25, 0.3) is 0 Å². The third-order valence-electron chi connectivity index (χ3n) is 5.13. The van der Waals surface area contributed by atoms with E-state index in [1.165, 1.54) is 0 Å². The van der Waals surface area contributed by atoms with Crippen molar-refractivity contribution >= 4 is 5.82 Å². The number of rotatable bonds is 5. The summed E-state index contributed by atoms with van der Waals surface area (Å²) in [5.74, 6) is 1.10. The van der Waals surface area contributed by atoms with Crippen molar-refractivity contribution in [2.24, 2.45) is 5.92 Å². The van der Waals surface area contributed by atoms with Crippen molar-refractivity contribution in [2.75, 3.05) is 25.1 Å². The number of likely N-dealkylation sites (N-methyl/N-ethyl adjacent to an activating group) is 1. The Kier molecular flexibility index (Phi) is 5.61. The summed E-state index contributed by atoms with van der Waals surface area (Å²) in [4.78, 5) is 21.3. The van der Waals surface area contributed by atoms with Gasteiger partial charge < -0.3 is 14.4 Å². The summed E-state index contributed by atoms with van der Waals surface area (Å²) in [6, 6.07) is 5.72. The predicted octanol–water partition coefficient (Wildman–Crippen LogP) is 2.92. The number of hydrogen-bond donors (Lipinski definition) is 0. The van der Waals surface area contributed by atoms with Gasteiger partial charge in [0.1, 0.15) is 23.0 Å². The molecule has 4 rings (SSSR count). The number of aromatic nitrogens is 3. The second-order valence-electron chi connectivity index (χ2n) is 7.38. The largest absolute Gasteiger partial charge is 0.477 e. The summed E-state index contributed by atoms with van der Waals surface area (Å²) in [7, 11) is 1.88. The first-order valence-corrected chi connectivity index (χ1v) is 9.73.